The number of aryl methyl sites for hydroxylation is 1. The molecule has 3 rings (SSSR count). The number of hydrogen-bond donors (Lipinski definition) is 1. The van der Waals surface area contributed by atoms with Crippen molar-refractivity contribution < 1.29 is 4.79 Å². The lowest BCUT2D eigenvalue weighted by Gasteiger charge is -2.04. The Balaban J connectivity index is 2.10. The van der Waals surface area contributed by atoms with Crippen LogP contribution in [-0.2, 0) is 13.6 Å². The van der Waals surface area contributed by atoms with Gasteiger partial charge in [0.25, 0.3) is 0 Å². The van der Waals surface area contributed by atoms with E-state index in [9.17, 15) is 4.79 Å². The first-order chi connectivity index (χ1) is 10.1. The standard InChI is InChI=1S/C16H14BrN3O/c1-19-15-12(17)8-5-9-13(15)20(16(19)18)10-14(21)11-6-3-2-4-7-11/h2-9,18H,10H2,1H3. The zero-order chi connectivity index (χ0) is 15.0. The zero-order valence-electron chi connectivity index (χ0n) is 11.5. The Hall–Kier alpha value is -2.14. The second kappa shape index (κ2) is 5.33. The number of imidazole rings is 1. The fourth-order valence-corrected chi connectivity index (χ4v) is 3.10. The minimum absolute atomic E-state index is 0.00146. The average molecular weight is 344 g/mol. The van der Waals surface area contributed by atoms with Crippen molar-refractivity contribution in [3.05, 3.63) is 64.2 Å². The Kier molecular flexibility index (Phi) is 3.51. The maximum Gasteiger partial charge on any atom is 0.203 e. The number of nitrogens with zero attached hydrogens (tertiary/aromatic N) is 2. The molecule has 1 heterocycles. The van der Waals surface area contributed by atoms with Gasteiger partial charge < -0.3 is 9.13 Å². The van der Waals surface area contributed by atoms with Crippen LogP contribution in [0.15, 0.2) is 53.0 Å². The summed E-state index contributed by atoms with van der Waals surface area (Å²) in [6.07, 6.45) is 0. The van der Waals surface area contributed by atoms with Crippen LogP contribution >= 0.6 is 15.9 Å². The lowest BCUT2D eigenvalue weighted by molar-refractivity contribution is 0.0971. The fourth-order valence-electron chi connectivity index (χ4n) is 2.47. The molecule has 1 N–H and O–H groups in total. The van der Waals surface area contributed by atoms with Crippen LogP contribution in [0.3, 0.4) is 0 Å². The van der Waals surface area contributed by atoms with Crippen LogP contribution in [0.25, 0.3) is 11.0 Å². The van der Waals surface area contributed by atoms with E-state index < -0.39 is 0 Å². The van der Waals surface area contributed by atoms with Crippen LogP contribution in [0.4, 0.5) is 0 Å². The molecule has 0 spiro atoms. The third-order valence-corrected chi connectivity index (χ3v) is 4.20. The summed E-state index contributed by atoms with van der Waals surface area (Å²) >= 11 is 3.50. The molecule has 0 bridgehead atoms. The van der Waals surface area contributed by atoms with Crippen molar-refractivity contribution in [1.29, 1.82) is 5.41 Å². The molecule has 5 heteroatoms. The maximum atomic E-state index is 12.4. The van der Waals surface area contributed by atoms with Gasteiger partial charge in [-0.25, -0.2) is 0 Å². The Bertz CT molecular complexity index is 878. The summed E-state index contributed by atoms with van der Waals surface area (Å²) in [6, 6.07) is 14.9. The normalized spacial score (nSPS) is 11.0. The number of rotatable bonds is 3. The second-order valence-electron chi connectivity index (χ2n) is 4.87. The van der Waals surface area contributed by atoms with E-state index in [1.54, 1.807) is 21.3 Å². The number of aromatic nitrogens is 2. The topological polar surface area (TPSA) is 50.8 Å². The highest BCUT2D eigenvalue weighted by atomic mass is 79.9. The molecule has 0 saturated carbocycles. The molecule has 2 aromatic carbocycles. The highest BCUT2D eigenvalue weighted by molar-refractivity contribution is 9.10. The number of fused-ring (bicyclic) bond motifs is 1. The quantitative estimate of drug-likeness (QED) is 0.730. The summed E-state index contributed by atoms with van der Waals surface area (Å²) in [6.45, 7) is 0.163. The van der Waals surface area contributed by atoms with Gasteiger partial charge in [-0.15, -0.1) is 0 Å². The Morgan fingerprint density at radius 3 is 2.57 bits per heavy atom. The molecule has 106 valence electrons. The van der Waals surface area contributed by atoms with Crippen molar-refractivity contribution in [3.8, 4) is 0 Å². The summed E-state index contributed by atoms with van der Waals surface area (Å²) in [4.78, 5) is 12.4. The third kappa shape index (κ3) is 2.34. The molecule has 0 fully saturated rings. The molecule has 21 heavy (non-hydrogen) atoms. The van der Waals surface area contributed by atoms with E-state index in [0.717, 1.165) is 15.5 Å². The smallest absolute Gasteiger partial charge is 0.203 e. The monoisotopic (exact) mass is 343 g/mol. The van der Waals surface area contributed by atoms with E-state index in [2.05, 4.69) is 15.9 Å². The Morgan fingerprint density at radius 2 is 1.86 bits per heavy atom. The highest BCUT2D eigenvalue weighted by Crippen LogP contribution is 2.22. The molecule has 4 nitrogen and oxygen atoms in total. The van der Waals surface area contributed by atoms with Crippen molar-refractivity contribution in [2.75, 3.05) is 0 Å². The maximum absolute atomic E-state index is 12.4. The summed E-state index contributed by atoms with van der Waals surface area (Å²) < 4.78 is 4.43. The summed E-state index contributed by atoms with van der Waals surface area (Å²) in [5.74, 6) is 0.00146. The number of carbonyl (C=O) groups excluding carboxylic acids is 1. The lowest BCUT2D eigenvalue weighted by Crippen LogP contribution is -2.25. The number of benzene rings is 2. The van der Waals surface area contributed by atoms with E-state index in [1.165, 1.54) is 0 Å². The van der Waals surface area contributed by atoms with Crippen LogP contribution in [0.1, 0.15) is 10.4 Å². The van der Waals surface area contributed by atoms with Crippen molar-refractivity contribution in [1.82, 2.24) is 9.13 Å². The van der Waals surface area contributed by atoms with Crippen molar-refractivity contribution in [3.63, 3.8) is 0 Å². The van der Waals surface area contributed by atoms with E-state index in [4.69, 9.17) is 5.41 Å². The van der Waals surface area contributed by atoms with Crippen LogP contribution < -0.4 is 5.62 Å². The third-order valence-electron chi connectivity index (χ3n) is 3.56. The lowest BCUT2D eigenvalue weighted by atomic mass is 10.1. The molecule has 1 aromatic heterocycles. The number of nitrogens with one attached hydrogen (secondary N) is 1. The largest absolute Gasteiger partial charge is 0.313 e. The van der Waals surface area contributed by atoms with E-state index in [-0.39, 0.29) is 12.3 Å². The van der Waals surface area contributed by atoms with Crippen LogP contribution in [0, 0.1) is 5.41 Å². The van der Waals surface area contributed by atoms with E-state index in [0.29, 0.717) is 11.2 Å². The number of para-hydroxylation sites is 1. The Morgan fingerprint density at radius 1 is 1.14 bits per heavy atom. The minimum atomic E-state index is 0.00146. The van der Waals surface area contributed by atoms with Gasteiger partial charge in [0.1, 0.15) is 0 Å². The highest BCUT2D eigenvalue weighted by Gasteiger charge is 2.14. The summed E-state index contributed by atoms with van der Waals surface area (Å²) in [5, 5.41) is 8.23. The SMILES string of the molecule is Cn1c(=N)n(CC(=O)c2ccccc2)c2cccc(Br)c21. The predicted molar refractivity (Wildman–Crippen MR) is 85.2 cm³/mol. The van der Waals surface area contributed by atoms with Crippen LogP contribution in [0.5, 0.6) is 0 Å². The van der Waals surface area contributed by atoms with Crippen molar-refractivity contribution in [2.45, 2.75) is 6.54 Å². The summed E-state index contributed by atoms with van der Waals surface area (Å²) in [5.41, 5.74) is 2.77. The van der Waals surface area contributed by atoms with Gasteiger partial charge in [0.15, 0.2) is 5.78 Å². The first-order valence-electron chi connectivity index (χ1n) is 6.56. The number of carbonyl (C=O) groups is 1. The molecule has 0 saturated heterocycles. The first kappa shape index (κ1) is 13.8. The number of Topliss-reactive ketones (excluding diaryl/α,β-unsaturated/α-hetero) is 1. The fraction of sp³-hybridized carbons (Fsp3) is 0.125. The number of hydrogen-bond acceptors (Lipinski definition) is 2. The van der Waals surface area contributed by atoms with Gasteiger partial charge >= 0.3 is 0 Å². The zero-order valence-corrected chi connectivity index (χ0v) is 13.1. The first-order valence-corrected chi connectivity index (χ1v) is 7.35. The molecule has 0 atom stereocenters. The van der Waals surface area contributed by atoms with Gasteiger partial charge in [0.05, 0.1) is 17.6 Å². The molecule has 0 aliphatic carbocycles. The molecule has 0 aliphatic heterocycles. The van der Waals surface area contributed by atoms with Gasteiger partial charge in [-0.3, -0.25) is 10.2 Å². The van der Waals surface area contributed by atoms with Crippen molar-refractivity contribution in [2.24, 2.45) is 7.05 Å². The van der Waals surface area contributed by atoms with Crippen LogP contribution in [-0.4, -0.2) is 14.9 Å². The minimum Gasteiger partial charge on any atom is -0.313 e. The number of ketones is 1. The van der Waals surface area contributed by atoms with E-state index in [1.807, 2.05) is 43.4 Å². The molecular weight excluding hydrogens is 330 g/mol. The van der Waals surface area contributed by atoms with Gasteiger partial charge in [-0.05, 0) is 28.1 Å². The Labute approximate surface area is 130 Å². The molecule has 0 unspecified atom stereocenters. The van der Waals surface area contributed by atoms with Gasteiger partial charge in [0.2, 0.25) is 5.62 Å². The van der Waals surface area contributed by atoms with Gasteiger partial charge in [-0.2, -0.15) is 0 Å². The second-order valence-corrected chi connectivity index (χ2v) is 5.72. The number of halogens is 1. The predicted octanol–water partition coefficient (Wildman–Crippen LogP) is 3.10. The molecule has 0 aliphatic rings. The molecule has 3 aromatic rings. The van der Waals surface area contributed by atoms with Gasteiger partial charge in [-0.1, -0.05) is 36.4 Å². The average Bonchev–Trinajstić information content (AvgIpc) is 2.74. The van der Waals surface area contributed by atoms with Crippen LogP contribution in [0.2, 0.25) is 0 Å². The van der Waals surface area contributed by atoms with Gasteiger partial charge in [0, 0.05) is 17.1 Å². The summed E-state index contributed by atoms with van der Waals surface area (Å²) in [7, 11) is 1.83. The van der Waals surface area contributed by atoms with E-state index >= 15 is 0 Å². The van der Waals surface area contributed by atoms with Crippen molar-refractivity contribution >= 4 is 32.7 Å². The molecule has 0 amide bonds. The molecular formula is C16H14BrN3O. The molecule has 0 radical (unpaired) electrons.